The summed E-state index contributed by atoms with van der Waals surface area (Å²) in [5.41, 5.74) is 10.3. The van der Waals surface area contributed by atoms with Gasteiger partial charge in [-0.05, 0) is 12.3 Å². The number of hydrogen-bond acceptors (Lipinski definition) is 2. The van der Waals surface area contributed by atoms with Crippen molar-refractivity contribution in [2.45, 2.75) is 44.9 Å². The monoisotopic (exact) mass is 212 g/mol. The van der Waals surface area contributed by atoms with Crippen molar-refractivity contribution < 1.29 is 9.59 Å². The lowest BCUT2D eigenvalue weighted by Crippen LogP contribution is -2.30. The highest BCUT2D eigenvalue weighted by Gasteiger charge is 2.23. The fourth-order valence-electron chi connectivity index (χ4n) is 2.37. The van der Waals surface area contributed by atoms with Crippen LogP contribution in [0.3, 0.4) is 0 Å². The molecule has 1 atom stereocenters. The Morgan fingerprint density at radius 1 is 1.13 bits per heavy atom. The zero-order valence-electron chi connectivity index (χ0n) is 9.08. The number of hydrogen-bond donors (Lipinski definition) is 2. The SMILES string of the molecule is NC(=O)CC(CC1CCCCC1)C(N)=O. The molecule has 4 N–H and O–H groups in total. The molecule has 2 amide bonds. The molecular weight excluding hydrogens is 192 g/mol. The molecule has 1 aliphatic rings. The highest BCUT2D eigenvalue weighted by Crippen LogP contribution is 2.29. The van der Waals surface area contributed by atoms with E-state index in [1.165, 1.54) is 19.3 Å². The zero-order chi connectivity index (χ0) is 11.3. The van der Waals surface area contributed by atoms with Gasteiger partial charge in [0.05, 0.1) is 0 Å². The minimum Gasteiger partial charge on any atom is -0.370 e. The largest absolute Gasteiger partial charge is 0.370 e. The molecule has 1 saturated carbocycles. The first-order valence-corrected chi connectivity index (χ1v) is 5.67. The average molecular weight is 212 g/mol. The van der Waals surface area contributed by atoms with E-state index in [4.69, 9.17) is 11.5 Å². The standard InChI is InChI=1S/C11H20N2O2/c12-10(14)7-9(11(13)15)6-8-4-2-1-3-5-8/h8-9H,1-7H2,(H2,12,14)(H2,13,15). The van der Waals surface area contributed by atoms with Crippen LogP contribution in [0.5, 0.6) is 0 Å². The first-order valence-electron chi connectivity index (χ1n) is 5.67. The first-order chi connectivity index (χ1) is 7.09. The van der Waals surface area contributed by atoms with E-state index >= 15 is 0 Å². The van der Waals surface area contributed by atoms with Crippen molar-refractivity contribution >= 4 is 11.8 Å². The Labute approximate surface area is 90.4 Å². The molecule has 0 spiro atoms. The van der Waals surface area contributed by atoms with Crippen LogP contribution in [0.15, 0.2) is 0 Å². The van der Waals surface area contributed by atoms with Gasteiger partial charge in [0, 0.05) is 12.3 Å². The second-order valence-electron chi connectivity index (χ2n) is 4.51. The molecule has 0 aromatic heterocycles. The molecule has 0 bridgehead atoms. The van der Waals surface area contributed by atoms with Crippen molar-refractivity contribution in [3.8, 4) is 0 Å². The Hall–Kier alpha value is -1.06. The van der Waals surface area contributed by atoms with Gasteiger partial charge in [-0.15, -0.1) is 0 Å². The van der Waals surface area contributed by atoms with E-state index < -0.39 is 5.91 Å². The van der Waals surface area contributed by atoms with Gasteiger partial charge in [0.2, 0.25) is 11.8 Å². The van der Waals surface area contributed by atoms with Crippen LogP contribution >= 0.6 is 0 Å². The van der Waals surface area contributed by atoms with Gasteiger partial charge < -0.3 is 11.5 Å². The Balaban J connectivity index is 2.42. The summed E-state index contributed by atoms with van der Waals surface area (Å²) < 4.78 is 0. The minimum absolute atomic E-state index is 0.103. The van der Waals surface area contributed by atoms with Crippen LogP contribution in [-0.4, -0.2) is 11.8 Å². The molecule has 0 radical (unpaired) electrons. The predicted octanol–water partition coefficient (Wildman–Crippen LogP) is 0.934. The van der Waals surface area contributed by atoms with Crippen molar-refractivity contribution in [3.63, 3.8) is 0 Å². The summed E-state index contributed by atoms with van der Waals surface area (Å²) in [6.07, 6.45) is 6.89. The van der Waals surface area contributed by atoms with E-state index in [2.05, 4.69) is 0 Å². The quantitative estimate of drug-likeness (QED) is 0.710. The second-order valence-corrected chi connectivity index (χ2v) is 4.51. The van der Waals surface area contributed by atoms with E-state index in [0.29, 0.717) is 5.92 Å². The Kier molecular flexibility index (Phi) is 4.59. The third kappa shape index (κ3) is 4.32. The van der Waals surface area contributed by atoms with Gasteiger partial charge in [0.25, 0.3) is 0 Å². The van der Waals surface area contributed by atoms with E-state index in [1.807, 2.05) is 0 Å². The maximum atomic E-state index is 11.1. The summed E-state index contributed by atoms with van der Waals surface area (Å²) in [5.74, 6) is -0.629. The van der Waals surface area contributed by atoms with E-state index in [-0.39, 0.29) is 18.2 Å². The first kappa shape index (κ1) is 12.0. The summed E-state index contributed by atoms with van der Waals surface area (Å²) in [7, 11) is 0. The van der Waals surface area contributed by atoms with Crippen LogP contribution in [-0.2, 0) is 9.59 Å². The normalized spacial score (nSPS) is 19.7. The molecule has 4 heteroatoms. The molecule has 1 rings (SSSR count). The summed E-state index contributed by atoms with van der Waals surface area (Å²) in [6, 6.07) is 0. The summed E-state index contributed by atoms with van der Waals surface area (Å²) in [4.78, 5) is 21.9. The van der Waals surface area contributed by atoms with E-state index in [9.17, 15) is 9.59 Å². The number of amides is 2. The molecule has 0 aromatic rings. The molecule has 1 unspecified atom stereocenters. The van der Waals surface area contributed by atoms with Crippen LogP contribution in [0.25, 0.3) is 0 Å². The van der Waals surface area contributed by atoms with Gasteiger partial charge in [0.15, 0.2) is 0 Å². The fraction of sp³-hybridized carbons (Fsp3) is 0.818. The topological polar surface area (TPSA) is 86.2 Å². The lowest BCUT2D eigenvalue weighted by molar-refractivity contribution is -0.127. The fourth-order valence-corrected chi connectivity index (χ4v) is 2.37. The minimum atomic E-state index is -0.436. The number of rotatable bonds is 5. The van der Waals surface area contributed by atoms with E-state index in [0.717, 1.165) is 19.3 Å². The van der Waals surface area contributed by atoms with Crippen molar-refractivity contribution in [2.24, 2.45) is 23.3 Å². The van der Waals surface area contributed by atoms with Gasteiger partial charge >= 0.3 is 0 Å². The number of nitrogens with two attached hydrogens (primary N) is 2. The lowest BCUT2D eigenvalue weighted by atomic mass is 9.81. The van der Waals surface area contributed by atoms with Gasteiger partial charge in [0.1, 0.15) is 0 Å². The molecule has 1 fully saturated rings. The van der Waals surface area contributed by atoms with Crippen LogP contribution in [0.1, 0.15) is 44.9 Å². The number of carbonyl (C=O) groups is 2. The summed E-state index contributed by atoms with van der Waals surface area (Å²) in [6.45, 7) is 0. The highest BCUT2D eigenvalue weighted by atomic mass is 16.2. The van der Waals surface area contributed by atoms with Crippen LogP contribution in [0, 0.1) is 11.8 Å². The molecule has 0 saturated heterocycles. The summed E-state index contributed by atoms with van der Waals surface area (Å²) in [5, 5.41) is 0. The van der Waals surface area contributed by atoms with Gasteiger partial charge in [-0.1, -0.05) is 32.1 Å². The molecule has 4 nitrogen and oxygen atoms in total. The van der Waals surface area contributed by atoms with Crippen LogP contribution in [0.2, 0.25) is 0 Å². The van der Waals surface area contributed by atoms with Crippen LogP contribution < -0.4 is 11.5 Å². The Morgan fingerprint density at radius 2 is 1.73 bits per heavy atom. The lowest BCUT2D eigenvalue weighted by Gasteiger charge is -2.24. The van der Waals surface area contributed by atoms with Gasteiger partial charge in [-0.2, -0.15) is 0 Å². The molecule has 15 heavy (non-hydrogen) atoms. The van der Waals surface area contributed by atoms with Crippen LogP contribution in [0.4, 0.5) is 0 Å². The van der Waals surface area contributed by atoms with Crippen molar-refractivity contribution in [1.82, 2.24) is 0 Å². The second kappa shape index (κ2) is 5.73. The number of primary amides is 2. The van der Waals surface area contributed by atoms with Gasteiger partial charge in [-0.25, -0.2) is 0 Å². The zero-order valence-corrected chi connectivity index (χ0v) is 9.08. The maximum absolute atomic E-state index is 11.1. The third-order valence-corrected chi connectivity index (χ3v) is 3.19. The van der Waals surface area contributed by atoms with Gasteiger partial charge in [-0.3, -0.25) is 9.59 Å². The van der Waals surface area contributed by atoms with Crippen molar-refractivity contribution in [2.75, 3.05) is 0 Å². The predicted molar refractivity (Wildman–Crippen MR) is 57.7 cm³/mol. The number of carbonyl (C=O) groups excluding carboxylic acids is 2. The average Bonchev–Trinajstić information content (AvgIpc) is 2.17. The maximum Gasteiger partial charge on any atom is 0.221 e. The molecule has 86 valence electrons. The Morgan fingerprint density at radius 3 is 2.20 bits per heavy atom. The van der Waals surface area contributed by atoms with Crippen molar-refractivity contribution in [1.29, 1.82) is 0 Å². The van der Waals surface area contributed by atoms with Crippen molar-refractivity contribution in [3.05, 3.63) is 0 Å². The Bertz CT molecular complexity index is 235. The third-order valence-electron chi connectivity index (χ3n) is 3.19. The molecule has 0 heterocycles. The molecule has 0 aliphatic heterocycles. The molecule has 0 aromatic carbocycles. The molecular formula is C11H20N2O2. The highest BCUT2D eigenvalue weighted by molar-refractivity contribution is 5.83. The smallest absolute Gasteiger partial charge is 0.221 e. The van der Waals surface area contributed by atoms with E-state index in [1.54, 1.807) is 0 Å². The summed E-state index contributed by atoms with van der Waals surface area (Å²) >= 11 is 0. The molecule has 1 aliphatic carbocycles.